The monoisotopic (exact) mass is 358 g/mol. The molecule has 0 aliphatic heterocycles. The van der Waals surface area contributed by atoms with Crippen LogP contribution in [0.2, 0.25) is 0 Å². The van der Waals surface area contributed by atoms with Crippen molar-refractivity contribution in [2.45, 2.75) is 13.1 Å². The lowest BCUT2D eigenvalue weighted by Gasteiger charge is -2.10. The van der Waals surface area contributed by atoms with Crippen molar-refractivity contribution in [1.82, 2.24) is 19.1 Å². The zero-order valence-electron chi connectivity index (χ0n) is 15.1. The minimum Gasteiger partial charge on any atom is -0.378 e. The molecule has 0 aliphatic rings. The second-order valence-corrected chi connectivity index (χ2v) is 6.23. The van der Waals surface area contributed by atoms with Crippen LogP contribution in [0.25, 0.3) is 22.8 Å². The molecule has 2 aromatic carbocycles. The molecule has 0 atom stereocenters. The van der Waals surface area contributed by atoms with Gasteiger partial charge in [0.05, 0.1) is 13.2 Å². The highest BCUT2D eigenvalue weighted by molar-refractivity contribution is 5.55. The van der Waals surface area contributed by atoms with E-state index in [1.54, 1.807) is 0 Å². The summed E-state index contributed by atoms with van der Waals surface area (Å²) in [5, 5.41) is 0. The Morgan fingerprint density at radius 2 is 1.07 bits per heavy atom. The smallest absolute Gasteiger partial charge is 0.139 e. The zero-order valence-corrected chi connectivity index (χ0v) is 15.1. The van der Waals surface area contributed by atoms with Crippen LogP contribution in [-0.2, 0) is 17.8 Å². The summed E-state index contributed by atoms with van der Waals surface area (Å²) in [6.07, 6.45) is 7.66. The Morgan fingerprint density at radius 1 is 0.630 bits per heavy atom. The van der Waals surface area contributed by atoms with Crippen LogP contribution in [-0.4, -0.2) is 32.3 Å². The maximum Gasteiger partial charge on any atom is 0.139 e. The Kier molecular flexibility index (Phi) is 5.41. The normalized spacial score (nSPS) is 11.0. The van der Waals surface area contributed by atoms with Gasteiger partial charge in [-0.25, -0.2) is 9.97 Å². The van der Waals surface area contributed by atoms with Gasteiger partial charge in [0.2, 0.25) is 0 Å². The summed E-state index contributed by atoms with van der Waals surface area (Å²) in [6.45, 7) is 2.84. The summed E-state index contributed by atoms with van der Waals surface area (Å²) in [5.74, 6) is 1.94. The third-order valence-corrected chi connectivity index (χ3v) is 4.45. The van der Waals surface area contributed by atoms with Crippen molar-refractivity contribution in [2.75, 3.05) is 13.2 Å². The van der Waals surface area contributed by atoms with E-state index in [2.05, 4.69) is 43.4 Å². The third-order valence-electron chi connectivity index (χ3n) is 4.45. The van der Waals surface area contributed by atoms with Crippen molar-refractivity contribution in [3.63, 3.8) is 0 Å². The highest BCUT2D eigenvalue weighted by Crippen LogP contribution is 2.17. The molecule has 2 heterocycles. The van der Waals surface area contributed by atoms with Crippen molar-refractivity contribution in [1.29, 1.82) is 0 Å². The Hall–Kier alpha value is -3.18. The van der Waals surface area contributed by atoms with E-state index in [-0.39, 0.29) is 0 Å². The molecule has 0 radical (unpaired) electrons. The maximum atomic E-state index is 5.86. The van der Waals surface area contributed by atoms with Gasteiger partial charge in [-0.2, -0.15) is 0 Å². The third kappa shape index (κ3) is 4.15. The van der Waals surface area contributed by atoms with E-state index in [9.17, 15) is 0 Å². The zero-order chi connectivity index (χ0) is 18.3. The standard InChI is InChI=1S/C22H22N4O/c1-3-7-19(8-4-1)21-23-11-13-25(21)15-17-27-18-16-26-14-12-24-22(26)20-9-5-2-6-10-20/h1-14H,15-18H2. The van der Waals surface area contributed by atoms with Crippen LogP contribution in [0.3, 0.4) is 0 Å². The molecule has 0 unspecified atom stereocenters. The van der Waals surface area contributed by atoms with Crippen LogP contribution in [0, 0.1) is 0 Å². The van der Waals surface area contributed by atoms with Gasteiger partial charge in [0, 0.05) is 49.0 Å². The van der Waals surface area contributed by atoms with Crippen molar-refractivity contribution < 1.29 is 4.74 Å². The minimum absolute atomic E-state index is 0.644. The lowest BCUT2D eigenvalue weighted by atomic mass is 10.2. The molecule has 0 N–H and O–H groups in total. The number of aromatic nitrogens is 4. The van der Waals surface area contributed by atoms with Crippen molar-refractivity contribution >= 4 is 0 Å². The average molecular weight is 358 g/mol. The van der Waals surface area contributed by atoms with E-state index in [1.807, 2.05) is 61.2 Å². The first-order valence-corrected chi connectivity index (χ1v) is 9.13. The molecule has 0 spiro atoms. The number of hydrogen-bond acceptors (Lipinski definition) is 3. The van der Waals surface area contributed by atoms with Gasteiger partial charge in [-0.1, -0.05) is 60.7 Å². The number of hydrogen-bond donors (Lipinski definition) is 0. The van der Waals surface area contributed by atoms with E-state index < -0.39 is 0 Å². The lowest BCUT2D eigenvalue weighted by molar-refractivity contribution is 0.119. The predicted molar refractivity (Wildman–Crippen MR) is 106 cm³/mol. The highest BCUT2D eigenvalue weighted by Gasteiger charge is 2.06. The Bertz CT molecular complexity index is 880. The van der Waals surface area contributed by atoms with Gasteiger partial charge in [0.15, 0.2) is 0 Å². The summed E-state index contributed by atoms with van der Waals surface area (Å²) >= 11 is 0. The van der Waals surface area contributed by atoms with Crippen LogP contribution in [0.5, 0.6) is 0 Å². The molecule has 0 aliphatic carbocycles. The van der Waals surface area contributed by atoms with Gasteiger partial charge in [-0.15, -0.1) is 0 Å². The highest BCUT2D eigenvalue weighted by atomic mass is 16.5. The Labute approximate surface area is 158 Å². The van der Waals surface area contributed by atoms with Crippen LogP contribution in [0.15, 0.2) is 85.5 Å². The van der Waals surface area contributed by atoms with Crippen molar-refractivity contribution in [3.05, 3.63) is 85.5 Å². The Balaban J connectivity index is 1.29. The van der Waals surface area contributed by atoms with Gasteiger partial charge < -0.3 is 13.9 Å². The Morgan fingerprint density at radius 3 is 1.52 bits per heavy atom. The molecule has 136 valence electrons. The molecule has 2 aromatic heterocycles. The van der Waals surface area contributed by atoms with E-state index in [1.165, 1.54) is 0 Å². The fourth-order valence-corrected chi connectivity index (χ4v) is 3.10. The largest absolute Gasteiger partial charge is 0.378 e. The molecule has 5 heteroatoms. The fraction of sp³-hybridized carbons (Fsp3) is 0.182. The molecular formula is C22H22N4O. The second kappa shape index (κ2) is 8.47. The summed E-state index contributed by atoms with van der Waals surface area (Å²) in [7, 11) is 0. The van der Waals surface area contributed by atoms with Gasteiger partial charge in [0.25, 0.3) is 0 Å². The molecule has 5 nitrogen and oxygen atoms in total. The minimum atomic E-state index is 0.644. The maximum absolute atomic E-state index is 5.86. The molecule has 0 bridgehead atoms. The molecule has 4 aromatic rings. The topological polar surface area (TPSA) is 44.9 Å². The van der Waals surface area contributed by atoms with Gasteiger partial charge in [0.1, 0.15) is 11.6 Å². The van der Waals surface area contributed by atoms with Crippen LogP contribution < -0.4 is 0 Å². The predicted octanol–water partition coefficient (Wildman–Crippen LogP) is 4.13. The molecule has 0 saturated carbocycles. The van der Waals surface area contributed by atoms with Crippen LogP contribution in [0.1, 0.15) is 0 Å². The van der Waals surface area contributed by atoms with Crippen LogP contribution >= 0.6 is 0 Å². The first-order chi connectivity index (χ1) is 13.4. The number of ether oxygens (including phenoxy) is 1. The van der Waals surface area contributed by atoms with E-state index in [0.29, 0.717) is 13.2 Å². The number of imidazole rings is 2. The van der Waals surface area contributed by atoms with Crippen LogP contribution in [0.4, 0.5) is 0 Å². The average Bonchev–Trinajstić information content (AvgIpc) is 3.38. The first kappa shape index (κ1) is 17.2. The molecule has 27 heavy (non-hydrogen) atoms. The lowest BCUT2D eigenvalue weighted by Crippen LogP contribution is -2.11. The SMILES string of the molecule is c1ccc(-c2nccn2CCOCCn2ccnc2-c2ccccc2)cc1. The quantitative estimate of drug-likeness (QED) is 0.445. The molecular weight excluding hydrogens is 336 g/mol. The molecule has 0 saturated heterocycles. The van der Waals surface area contributed by atoms with Crippen molar-refractivity contribution in [2.24, 2.45) is 0 Å². The summed E-state index contributed by atoms with van der Waals surface area (Å²) in [6, 6.07) is 20.4. The van der Waals surface area contributed by atoms with Crippen molar-refractivity contribution in [3.8, 4) is 22.8 Å². The molecule has 0 amide bonds. The second-order valence-electron chi connectivity index (χ2n) is 6.23. The fourth-order valence-electron chi connectivity index (χ4n) is 3.10. The van der Waals surface area contributed by atoms with E-state index in [0.717, 1.165) is 35.9 Å². The number of rotatable bonds is 8. The number of benzene rings is 2. The first-order valence-electron chi connectivity index (χ1n) is 9.13. The summed E-state index contributed by atoms with van der Waals surface area (Å²) in [4.78, 5) is 8.93. The van der Waals surface area contributed by atoms with E-state index >= 15 is 0 Å². The molecule has 0 fully saturated rings. The molecule has 4 rings (SSSR count). The van der Waals surface area contributed by atoms with Gasteiger partial charge in [-0.05, 0) is 0 Å². The van der Waals surface area contributed by atoms with Gasteiger partial charge >= 0.3 is 0 Å². The van der Waals surface area contributed by atoms with Gasteiger partial charge in [-0.3, -0.25) is 0 Å². The summed E-state index contributed by atoms with van der Waals surface area (Å²) in [5.41, 5.74) is 2.24. The van der Waals surface area contributed by atoms with E-state index in [4.69, 9.17) is 4.74 Å². The number of nitrogens with zero attached hydrogens (tertiary/aromatic N) is 4. The summed E-state index contributed by atoms with van der Waals surface area (Å²) < 4.78 is 10.1.